The van der Waals surface area contributed by atoms with Gasteiger partial charge in [-0.25, -0.2) is 0 Å². The molecule has 4 aliphatic rings. The van der Waals surface area contributed by atoms with Gasteiger partial charge in [0.05, 0.1) is 11.2 Å². The molecule has 4 nitrogen and oxygen atoms in total. The standard InChI is InChI=1S/C14H18ClN3O/c15-11-6-16-18-13(11)14(19)17-12-9-2-7-1-8(4-9)5-10(12)3-7/h6-10,12H,1-5H2,(H,16,18)(H,17,19). The second-order valence-corrected chi connectivity index (χ2v) is 6.93. The van der Waals surface area contributed by atoms with Crippen molar-refractivity contribution in [1.29, 1.82) is 0 Å². The third-order valence-electron chi connectivity index (χ3n) is 5.34. The summed E-state index contributed by atoms with van der Waals surface area (Å²) in [5, 5.41) is 10.1. The molecule has 5 heteroatoms. The molecule has 2 N–H and O–H groups in total. The van der Waals surface area contributed by atoms with E-state index in [4.69, 9.17) is 11.6 Å². The number of aromatic amines is 1. The van der Waals surface area contributed by atoms with Gasteiger partial charge in [0.25, 0.3) is 5.91 Å². The van der Waals surface area contributed by atoms with Crippen LogP contribution in [0.2, 0.25) is 5.02 Å². The summed E-state index contributed by atoms with van der Waals surface area (Å²) in [6.45, 7) is 0. The Kier molecular flexibility index (Phi) is 2.62. The van der Waals surface area contributed by atoms with Crippen LogP contribution in [0.25, 0.3) is 0 Å². The highest BCUT2D eigenvalue weighted by molar-refractivity contribution is 6.33. The minimum Gasteiger partial charge on any atom is -0.347 e. The fourth-order valence-corrected chi connectivity index (χ4v) is 4.99. The van der Waals surface area contributed by atoms with Gasteiger partial charge in [-0.3, -0.25) is 9.89 Å². The number of aromatic nitrogens is 2. The molecule has 4 fully saturated rings. The third-order valence-corrected chi connectivity index (χ3v) is 5.63. The molecule has 102 valence electrons. The van der Waals surface area contributed by atoms with E-state index in [1.54, 1.807) is 0 Å². The first-order chi connectivity index (χ1) is 9.20. The number of carbonyl (C=O) groups is 1. The molecule has 0 unspecified atom stereocenters. The summed E-state index contributed by atoms with van der Waals surface area (Å²) in [6, 6.07) is 0.347. The molecule has 0 saturated heterocycles. The van der Waals surface area contributed by atoms with Crippen LogP contribution < -0.4 is 5.32 Å². The Morgan fingerprint density at radius 2 is 1.84 bits per heavy atom. The molecule has 0 radical (unpaired) electrons. The molecular formula is C14H18ClN3O. The molecule has 4 bridgehead atoms. The smallest absolute Gasteiger partial charge is 0.271 e. The first-order valence-electron chi connectivity index (χ1n) is 7.20. The van der Waals surface area contributed by atoms with E-state index in [0.717, 1.165) is 11.8 Å². The normalized spacial score (nSPS) is 39.5. The number of hydrogen-bond donors (Lipinski definition) is 2. The number of H-pyrrole nitrogens is 1. The van der Waals surface area contributed by atoms with Gasteiger partial charge < -0.3 is 5.32 Å². The average Bonchev–Trinajstić information content (AvgIpc) is 2.79. The van der Waals surface area contributed by atoms with E-state index in [1.807, 2.05) is 0 Å². The van der Waals surface area contributed by atoms with Crippen LogP contribution in [-0.4, -0.2) is 22.1 Å². The van der Waals surface area contributed by atoms with E-state index < -0.39 is 0 Å². The first-order valence-corrected chi connectivity index (χ1v) is 7.58. The SMILES string of the molecule is O=C(NC1C2CC3CC(C2)CC1C3)c1[nH]ncc1Cl. The lowest BCUT2D eigenvalue weighted by atomic mass is 9.54. The fourth-order valence-electron chi connectivity index (χ4n) is 4.82. The fraction of sp³-hybridized carbons (Fsp3) is 0.714. The zero-order chi connectivity index (χ0) is 13.0. The van der Waals surface area contributed by atoms with Crippen LogP contribution in [0.1, 0.15) is 42.6 Å². The van der Waals surface area contributed by atoms with Gasteiger partial charge in [0.1, 0.15) is 5.69 Å². The minimum absolute atomic E-state index is 0.0972. The van der Waals surface area contributed by atoms with Crippen LogP contribution in [0.15, 0.2) is 6.20 Å². The summed E-state index contributed by atoms with van der Waals surface area (Å²) in [5.74, 6) is 3.11. The van der Waals surface area contributed by atoms with Crippen molar-refractivity contribution in [2.75, 3.05) is 0 Å². The molecule has 0 spiro atoms. The van der Waals surface area contributed by atoms with Crippen LogP contribution in [-0.2, 0) is 0 Å². The molecular weight excluding hydrogens is 262 g/mol. The van der Waals surface area contributed by atoms with Crippen molar-refractivity contribution >= 4 is 17.5 Å². The van der Waals surface area contributed by atoms with Crippen molar-refractivity contribution < 1.29 is 4.79 Å². The van der Waals surface area contributed by atoms with E-state index in [1.165, 1.54) is 38.3 Å². The molecule has 1 heterocycles. The molecule has 1 amide bonds. The van der Waals surface area contributed by atoms with Gasteiger partial charge >= 0.3 is 0 Å². The molecule has 1 aromatic heterocycles. The van der Waals surface area contributed by atoms with E-state index in [9.17, 15) is 4.79 Å². The Hall–Kier alpha value is -1.03. The second kappa shape index (κ2) is 4.23. The number of nitrogens with zero attached hydrogens (tertiary/aromatic N) is 1. The second-order valence-electron chi connectivity index (χ2n) is 6.52. The molecule has 19 heavy (non-hydrogen) atoms. The Morgan fingerprint density at radius 1 is 1.21 bits per heavy atom. The zero-order valence-electron chi connectivity index (χ0n) is 10.7. The summed E-state index contributed by atoms with van der Waals surface area (Å²) in [4.78, 5) is 12.3. The van der Waals surface area contributed by atoms with Crippen molar-refractivity contribution in [3.63, 3.8) is 0 Å². The lowest BCUT2D eigenvalue weighted by molar-refractivity contribution is -0.0120. The topological polar surface area (TPSA) is 57.8 Å². The summed E-state index contributed by atoms with van der Waals surface area (Å²) in [5.41, 5.74) is 0.399. The highest BCUT2D eigenvalue weighted by Crippen LogP contribution is 2.53. The lowest BCUT2D eigenvalue weighted by Crippen LogP contribution is -2.55. The van der Waals surface area contributed by atoms with Crippen LogP contribution in [0.5, 0.6) is 0 Å². The van der Waals surface area contributed by atoms with Crippen molar-refractivity contribution in [2.24, 2.45) is 23.7 Å². The van der Waals surface area contributed by atoms with Crippen LogP contribution in [0.4, 0.5) is 0 Å². The third kappa shape index (κ3) is 1.88. The van der Waals surface area contributed by atoms with Gasteiger partial charge in [-0.1, -0.05) is 11.6 Å². The first kappa shape index (κ1) is 11.8. The molecule has 0 atom stereocenters. The Balaban J connectivity index is 1.51. The van der Waals surface area contributed by atoms with E-state index >= 15 is 0 Å². The number of amides is 1. The number of rotatable bonds is 2. The number of nitrogens with one attached hydrogen (secondary N) is 2. The molecule has 0 aliphatic heterocycles. The van der Waals surface area contributed by atoms with Gasteiger partial charge in [0.2, 0.25) is 0 Å². The largest absolute Gasteiger partial charge is 0.347 e. The molecule has 0 aromatic carbocycles. The van der Waals surface area contributed by atoms with E-state index in [2.05, 4.69) is 15.5 Å². The van der Waals surface area contributed by atoms with Crippen molar-refractivity contribution in [1.82, 2.24) is 15.5 Å². The summed E-state index contributed by atoms with van der Waals surface area (Å²) in [7, 11) is 0. The Labute approximate surface area is 117 Å². The minimum atomic E-state index is -0.0972. The predicted octanol–water partition coefficient (Wildman–Crippen LogP) is 2.62. The Bertz CT molecular complexity index is 485. The summed E-state index contributed by atoms with van der Waals surface area (Å²) in [6.07, 6.45) is 8.11. The van der Waals surface area contributed by atoms with Crippen LogP contribution in [0.3, 0.4) is 0 Å². The zero-order valence-corrected chi connectivity index (χ0v) is 11.5. The van der Waals surface area contributed by atoms with E-state index in [0.29, 0.717) is 28.6 Å². The summed E-state index contributed by atoms with van der Waals surface area (Å²) < 4.78 is 0. The molecule has 1 aromatic rings. The van der Waals surface area contributed by atoms with Crippen LogP contribution in [0, 0.1) is 23.7 Å². The number of halogens is 1. The lowest BCUT2D eigenvalue weighted by Gasteiger charge is -2.54. The average molecular weight is 280 g/mol. The van der Waals surface area contributed by atoms with Gasteiger partial charge in [0.15, 0.2) is 0 Å². The monoisotopic (exact) mass is 279 g/mol. The molecule has 4 aliphatic carbocycles. The molecule has 5 rings (SSSR count). The van der Waals surface area contributed by atoms with Gasteiger partial charge in [-0.2, -0.15) is 5.10 Å². The highest BCUT2D eigenvalue weighted by atomic mass is 35.5. The van der Waals surface area contributed by atoms with Crippen molar-refractivity contribution in [2.45, 2.75) is 38.1 Å². The number of carbonyl (C=O) groups excluding carboxylic acids is 1. The quantitative estimate of drug-likeness (QED) is 0.874. The highest BCUT2D eigenvalue weighted by Gasteiger charge is 2.48. The van der Waals surface area contributed by atoms with E-state index in [-0.39, 0.29) is 5.91 Å². The van der Waals surface area contributed by atoms with Crippen molar-refractivity contribution in [3.8, 4) is 0 Å². The summed E-state index contributed by atoms with van der Waals surface area (Å²) >= 11 is 5.95. The van der Waals surface area contributed by atoms with Gasteiger partial charge in [0, 0.05) is 6.04 Å². The maximum absolute atomic E-state index is 12.3. The van der Waals surface area contributed by atoms with Crippen LogP contribution >= 0.6 is 11.6 Å². The number of hydrogen-bond acceptors (Lipinski definition) is 2. The maximum Gasteiger partial charge on any atom is 0.271 e. The van der Waals surface area contributed by atoms with Gasteiger partial charge in [-0.05, 0) is 55.8 Å². The molecule has 4 saturated carbocycles. The van der Waals surface area contributed by atoms with Gasteiger partial charge in [-0.15, -0.1) is 0 Å². The Morgan fingerprint density at radius 3 is 2.37 bits per heavy atom. The predicted molar refractivity (Wildman–Crippen MR) is 71.9 cm³/mol. The van der Waals surface area contributed by atoms with Crippen molar-refractivity contribution in [3.05, 3.63) is 16.9 Å². The maximum atomic E-state index is 12.3.